The fourth-order valence-electron chi connectivity index (χ4n) is 11.7. The molecule has 5 heteroatoms. The lowest BCUT2D eigenvalue weighted by atomic mass is 9.86. The molecule has 21 aliphatic heterocycles. The summed E-state index contributed by atoms with van der Waals surface area (Å²) >= 11 is 0. The third-order valence-electron chi connectivity index (χ3n) is 16.0. The number of hydrogen-bond donors (Lipinski definition) is 0. The van der Waals surface area contributed by atoms with Crippen molar-refractivity contribution in [3.8, 4) is 134 Å². The van der Waals surface area contributed by atoms with E-state index in [1.54, 1.807) is 0 Å². The van der Waals surface area contributed by atoms with E-state index in [0.717, 1.165) is 134 Å². The minimum Gasteiger partial charge on any atom is -0.483 e. The van der Waals surface area contributed by atoms with Crippen molar-refractivity contribution in [3.63, 3.8) is 0 Å². The van der Waals surface area contributed by atoms with E-state index in [9.17, 15) is 0 Å². The average molecular weight is 1030 g/mol. The van der Waals surface area contributed by atoms with Gasteiger partial charge < -0.3 is 9.47 Å². The maximum absolute atomic E-state index is 7.11. The molecule has 12 aromatic rings. The molecule has 9 aromatic carbocycles. The van der Waals surface area contributed by atoms with Crippen molar-refractivity contribution in [2.24, 2.45) is 0 Å². The van der Waals surface area contributed by atoms with Crippen molar-refractivity contribution in [1.82, 2.24) is 15.0 Å². The van der Waals surface area contributed by atoms with E-state index in [4.69, 9.17) is 24.4 Å². The normalized spacial score (nSPS) is 13.4. The molecule has 21 aliphatic rings. The summed E-state index contributed by atoms with van der Waals surface area (Å²) in [6.07, 6.45) is 6.02. The van der Waals surface area contributed by atoms with Crippen LogP contribution in [0.2, 0.25) is 0 Å². The summed E-state index contributed by atoms with van der Waals surface area (Å²) in [4.78, 5) is 15.4. The van der Waals surface area contributed by atoms with E-state index in [-0.39, 0.29) is 0 Å². The van der Waals surface area contributed by atoms with E-state index in [0.29, 0.717) is 11.5 Å². The zero-order valence-corrected chi connectivity index (χ0v) is 45.0. The summed E-state index contributed by atoms with van der Waals surface area (Å²) in [5.41, 5.74) is 23.5. The van der Waals surface area contributed by atoms with Crippen molar-refractivity contribution >= 4 is 0 Å². The van der Waals surface area contributed by atoms with Gasteiger partial charge in [0.25, 0.3) is 0 Å². The number of pyridine rings is 3. The molecule has 0 unspecified atom stereocenters. The number of rotatable bonds is 0. The molecular formula is C75H55N3O2. The van der Waals surface area contributed by atoms with Gasteiger partial charge in [-0.15, -0.1) is 0 Å². The molecule has 33 rings (SSSR count). The van der Waals surface area contributed by atoms with Gasteiger partial charge in [0.05, 0.1) is 17.1 Å². The van der Waals surface area contributed by atoms with Crippen LogP contribution in [0.4, 0.5) is 0 Å². The third kappa shape index (κ3) is 9.03. The lowest BCUT2D eigenvalue weighted by Gasteiger charge is -2.30. The van der Waals surface area contributed by atoms with E-state index >= 15 is 0 Å². The van der Waals surface area contributed by atoms with Gasteiger partial charge in [0.1, 0.15) is 22.7 Å². The van der Waals surface area contributed by atoms with Crippen LogP contribution in [0, 0.1) is 0 Å². The molecule has 382 valence electrons. The van der Waals surface area contributed by atoms with Crippen molar-refractivity contribution < 1.29 is 9.47 Å². The average Bonchev–Trinajstić information content (AvgIpc) is 3.54. The minimum absolute atomic E-state index is 0.692. The second-order valence-electron chi connectivity index (χ2n) is 21.9. The topological polar surface area (TPSA) is 57.1 Å². The van der Waals surface area contributed by atoms with Gasteiger partial charge in [-0.05, 0) is 160 Å². The molecule has 0 fully saturated rings. The smallest absolute Gasteiger partial charge is 0.128 e. The first-order valence-corrected chi connectivity index (χ1v) is 27.3. The van der Waals surface area contributed by atoms with Crippen LogP contribution in [0.5, 0.6) is 11.5 Å². The molecule has 80 heavy (non-hydrogen) atoms. The molecule has 0 amide bonds. The van der Waals surface area contributed by atoms with Crippen LogP contribution in [0.3, 0.4) is 0 Å². The predicted octanol–water partition coefficient (Wildman–Crippen LogP) is 19.5. The first-order valence-electron chi connectivity index (χ1n) is 27.3. The highest BCUT2D eigenvalue weighted by Crippen LogP contribution is 2.45. The van der Waals surface area contributed by atoms with Crippen LogP contribution in [0.1, 0.15) is 38.8 Å². The fourth-order valence-corrected chi connectivity index (χ4v) is 11.7. The van der Waals surface area contributed by atoms with Gasteiger partial charge in [0.2, 0.25) is 0 Å². The zero-order chi connectivity index (χ0) is 54.0. The Morgan fingerprint density at radius 3 is 0.787 bits per heavy atom. The Balaban J connectivity index is 1.02. The molecule has 0 N–H and O–H groups in total. The van der Waals surface area contributed by atoms with Crippen LogP contribution in [0.25, 0.3) is 123 Å². The zero-order valence-electron chi connectivity index (χ0n) is 45.0. The number of ether oxygens (including phenoxy) is 2. The number of hydrogen-bond acceptors (Lipinski definition) is 5. The number of benzene rings is 9. The molecule has 0 aliphatic carbocycles. The van der Waals surface area contributed by atoms with Crippen molar-refractivity contribution in [2.45, 2.75) is 38.9 Å². The van der Waals surface area contributed by atoms with E-state index in [2.05, 4.69) is 264 Å². The van der Waals surface area contributed by atoms with Gasteiger partial charge in [-0.2, -0.15) is 0 Å². The fraction of sp³-hybridized carbons (Fsp3) is 0.0800. The third-order valence-corrected chi connectivity index (χ3v) is 16.0. The lowest BCUT2D eigenvalue weighted by molar-refractivity contribution is 0.0992. The van der Waals surface area contributed by atoms with Crippen LogP contribution >= 0.6 is 0 Å². The van der Waals surface area contributed by atoms with Crippen molar-refractivity contribution in [1.29, 1.82) is 0 Å². The standard InChI is InChI=1S/C75H55N3O2/c1-74(2)59-32-25-50(26-33-59)72-37-30-53(46-77-72)65-15-7-11-18-68(65)56-39-55-40-57(41-56)69-19-12-8-16-66(69)54-31-38-73(78-47-54)51-27-34-60(35-28-51)75(3,4)80-62-43-58(42-61(44-62)79-74)70-20-9-5-13-63(70)48-21-23-49(24-22-48)71-36-29-52(45-76-71)64-14-6-10-17-67(55)64/h5-47H,1-4H3. The van der Waals surface area contributed by atoms with Gasteiger partial charge >= 0.3 is 0 Å². The molecule has 24 heterocycles. The molecule has 0 saturated heterocycles. The molecule has 5 nitrogen and oxygen atoms in total. The summed E-state index contributed by atoms with van der Waals surface area (Å²) in [7, 11) is 0. The van der Waals surface area contributed by atoms with Crippen molar-refractivity contribution in [3.05, 3.63) is 272 Å². The molecule has 18 bridgehead atoms. The highest BCUT2D eigenvalue weighted by Gasteiger charge is 2.28. The number of nitrogens with zero attached hydrogens (tertiary/aromatic N) is 3. The molecule has 0 radical (unpaired) electrons. The lowest BCUT2D eigenvalue weighted by Crippen LogP contribution is -2.26. The van der Waals surface area contributed by atoms with E-state index in [1.165, 1.54) is 0 Å². The maximum atomic E-state index is 7.11. The van der Waals surface area contributed by atoms with Crippen LogP contribution in [-0.2, 0) is 11.2 Å². The highest BCUT2D eigenvalue weighted by molar-refractivity contribution is 5.94. The van der Waals surface area contributed by atoms with Gasteiger partial charge in [-0.1, -0.05) is 188 Å². The summed E-state index contributed by atoms with van der Waals surface area (Å²) in [5, 5.41) is 0. The highest BCUT2D eigenvalue weighted by atomic mass is 16.5. The van der Waals surface area contributed by atoms with Gasteiger partial charge in [0.15, 0.2) is 0 Å². The van der Waals surface area contributed by atoms with Crippen LogP contribution in [-0.4, -0.2) is 15.0 Å². The number of aromatic nitrogens is 3. The monoisotopic (exact) mass is 1030 g/mol. The maximum Gasteiger partial charge on any atom is 0.128 e. The molecule has 3 aromatic heterocycles. The van der Waals surface area contributed by atoms with E-state index < -0.39 is 11.2 Å². The molecular weight excluding hydrogens is 975 g/mol. The Hall–Kier alpha value is -9.97. The second kappa shape index (κ2) is 19.5. The largest absolute Gasteiger partial charge is 0.483 e. The Morgan fingerprint density at radius 2 is 0.487 bits per heavy atom. The first-order chi connectivity index (χ1) is 39.1. The molecule has 0 saturated carbocycles. The SMILES string of the molecule is CC1(C)Oc2cc3cc(c2)-c2ccccc2-c2ccc(cc2)-c2ccc(cn2)-c2ccccc2-c2cc(cc(c2)-c2ccccc2-c2ccc(nc2)-c2ccc(cc2)C(C)(C)O3)-c2ccccc2-c2ccc(nc2)-c2ccc1cc2. The first kappa shape index (κ1) is 48.4. The second-order valence-corrected chi connectivity index (χ2v) is 21.9. The quantitative estimate of drug-likeness (QED) is 0.151. The Kier molecular flexibility index (Phi) is 11.8. The van der Waals surface area contributed by atoms with Crippen LogP contribution < -0.4 is 9.47 Å². The molecule has 0 spiro atoms. The Morgan fingerprint density at radius 1 is 0.237 bits per heavy atom. The Bertz CT molecular complexity index is 4110. The Labute approximate surface area is 467 Å². The van der Waals surface area contributed by atoms with Gasteiger partial charge in [-0.25, -0.2) is 0 Å². The van der Waals surface area contributed by atoms with Gasteiger partial charge in [-0.3, -0.25) is 15.0 Å². The summed E-state index contributed by atoms with van der Waals surface area (Å²) in [6.45, 7) is 8.47. The van der Waals surface area contributed by atoms with E-state index in [1.807, 2.05) is 24.7 Å². The summed E-state index contributed by atoms with van der Waals surface area (Å²) in [6, 6.07) is 86.8. The van der Waals surface area contributed by atoms with Crippen molar-refractivity contribution in [2.75, 3.05) is 0 Å². The minimum atomic E-state index is -0.725. The molecule has 0 atom stereocenters. The predicted molar refractivity (Wildman–Crippen MR) is 327 cm³/mol. The van der Waals surface area contributed by atoms with Crippen LogP contribution in [0.15, 0.2) is 261 Å². The van der Waals surface area contributed by atoms with Gasteiger partial charge in [0, 0.05) is 58.0 Å². The summed E-state index contributed by atoms with van der Waals surface area (Å²) < 4.78 is 14.2. The summed E-state index contributed by atoms with van der Waals surface area (Å²) in [5.74, 6) is 1.38.